The van der Waals surface area contributed by atoms with Crippen molar-refractivity contribution in [3.63, 3.8) is 0 Å². The standard InChI is InChI=1S/C11H19NO4/c1-10(2,11(3,4)14)12-9(13)8-7-15-5-6-16-8/h7,14H,5-6H2,1-4H3,(H,12,13). The largest absolute Gasteiger partial charge is 0.494 e. The van der Waals surface area contributed by atoms with Gasteiger partial charge in [0.25, 0.3) is 5.91 Å². The van der Waals surface area contributed by atoms with Crippen LogP contribution in [0.3, 0.4) is 0 Å². The van der Waals surface area contributed by atoms with Crippen LogP contribution in [0.5, 0.6) is 0 Å². The highest BCUT2D eigenvalue weighted by molar-refractivity contribution is 5.91. The molecule has 1 amide bonds. The Balaban J connectivity index is 2.67. The lowest BCUT2D eigenvalue weighted by molar-refractivity contribution is -0.127. The third-order valence-corrected chi connectivity index (χ3v) is 2.83. The van der Waals surface area contributed by atoms with Crippen LogP contribution >= 0.6 is 0 Å². The summed E-state index contributed by atoms with van der Waals surface area (Å²) >= 11 is 0. The van der Waals surface area contributed by atoms with Crippen molar-refractivity contribution in [1.29, 1.82) is 0 Å². The normalized spacial score (nSPS) is 16.9. The highest BCUT2D eigenvalue weighted by Gasteiger charge is 2.37. The van der Waals surface area contributed by atoms with Gasteiger partial charge in [0.15, 0.2) is 0 Å². The molecule has 0 atom stereocenters. The van der Waals surface area contributed by atoms with Crippen molar-refractivity contribution in [2.45, 2.75) is 38.8 Å². The fraction of sp³-hybridized carbons (Fsp3) is 0.727. The molecule has 0 fully saturated rings. The molecule has 2 N–H and O–H groups in total. The van der Waals surface area contributed by atoms with Gasteiger partial charge in [0, 0.05) is 0 Å². The molecular weight excluding hydrogens is 210 g/mol. The molecule has 5 nitrogen and oxygen atoms in total. The van der Waals surface area contributed by atoms with Gasteiger partial charge in [-0.15, -0.1) is 0 Å². The summed E-state index contributed by atoms with van der Waals surface area (Å²) in [5.41, 5.74) is -1.79. The van der Waals surface area contributed by atoms with Gasteiger partial charge < -0.3 is 19.9 Å². The second-order valence-electron chi connectivity index (χ2n) is 4.84. The molecule has 5 heteroatoms. The Labute approximate surface area is 95.4 Å². The van der Waals surface area contributed by atoms with Crippen LogP contribution in [0.15, 0.2) is 12.0 Å². The van der Waals surface area contributed by atoms with Crippen molar-refractivity contribution in [2.24, 2.45) is 0 Å². The minimum Gasteiger partial charge on any atom is -0.494 e. The van der Waals surface area contributed by atoms with Crippen LogP contribution in [0.4, 0.5) is 0 Å². The Hall–Kier alpha value is -1.23. The smallest absolute Gasteiger partial charge is 0.290 e. The molecule has 1 aliphatic rings. The van der Waals surface area contributed by atoms with Crippen LogP contribution in [0, 0.1) is 0 Å². The molecule has 1 heterocycles. The summed E-state index contributed by atoms with van der Waals surface area (Å²) in [4.78, 5) is 11.8. The Bertz CT molecular complexity index is 302. The van der Waals surface area contributed by atoms with Crippen molar-refractivity contribution in [1.82, 2.24) is 5.32 Å². The van der Waals surface area contributed by atoms with Crippen molar-refractivity contribution >= 4 is 5.91 Å². The van der Waals surface area contributed by atoms with Crippen molar-refractivity contribution < 1.29 is 19.4 Å². The van der Waals surface area contributed by atoms with Gasteiger partial charge in [0.05, 0.1) is 11.1 Å². The van der Waals surface area contributed by atoms with Gasteiger partial charge in [-0.05, 0) is 27.7 Å². The summed E-state index contributed by atoms with van der Waals surface area (Å²) in [6.07, 6.45) is 1.29. The van der Waals surface area contributed by atoms with E-state index in [-0.39, 0.29) is 11.7 Å². The molecule has 1 rings (SSSR count). The highest BCUT2D eigenvalue weighted by Crippen LogP contribution is 2.21. The number of nitrogens with one attached hydrogen (secondary N) is 1. The number of amides is 1. The van der Waals surface area contributed by atoms with Crippen LogP contribution in [0.25, 0.3) is 0 Å². The molecular formula is C11H19NO4. The monoisotopic (exact) mass is 229 g/mol. The van der Waals surface area contributed by atoms with Crippen LogP contribution in [-0.4, -0.2) is 35.4 Å². The zero-order chi connectivity index (χ0) is 12.4. The maximum Gasteiger partial charge on any atom is 0.290 e. The minimum atomic E-state index is -1.03. The van der Waals surface area contributed by atoms with Gasteiger partial charge in [0.2, 0.25) is 5.76 Å². The molecule has 0 aromatic rings. The molecule has 0 saturated heterocycles. The maximum absolute atomic E-state index is 11.8. The quantitative estimate of drug-likeness (QED) is 0.741. The third-order valence-electron chi connectivity index (χ3n) is 2.83. The van der Waals surface area contributed by atoms with E-state index in [4.69, 9.17) is 9.47 Å². The lowest BCUT2D eigenvalue weighted by atomic mass is 9.86. The SMILES string of the molecule is CC(C)(O)C(C)(C)NC(=O)C1=COCCO1. The first-order valence-corrected chi connectivity index (χ1v) is 5.23. The van der Waals surface area contributed by atoms with E-state index >= 15 is 0 Å². The molecule has 0 radical (unpaired) electrons. The van der Waals surface area contributed by atoms with Crippen molar-refractivity contribution in [3.05, 3.63) is 12.0 Å². The molecule has 16 heavy (non-hydrogen) atoms. The van der Waals surface area contributed by atoms with Gasteiger partial charge in [-0.25, -0.2) is 0 Å². The second-order valence-corrected chi connectivity index (χ2v) is 4.84. The van der Waals surface area contributed by atoms with Crippen LogP contribution < -0.4 is 5.32 Å². The predicted octanol–water partition coefficient (Wildman–Crippen LogP) is 0.540. The summed E-state index contributed by atoms with van der Waals surface area (Å²) in [6.45, 7) is 7.58. The van der Waals surface area contributed by atoms with E-state index in [1.165, 1.54) is 6.26 Å². The molecule has 0 aromatic carbocycles. The third kappa shape index (κ3) is 2.88. The fourth-order valence-corrected chi connectivity index (χ4v) is 0.986. The summed E-state index contributed by atoms with van der Waals surface area (Å²) in [7, 11) is 0. The molecule has 92 valence electrons. The fourth-order valence-electron chi connectivity index (χ4n) is 0.986. The molecule has 0 aliphatic carbocycles. The lowest BCUT2D eigenvalue weighted by Crippen LogP contribution is -2.58. The van der Waals surface area contributed by atoms with Gasteiger partial charge in [-0.2, -0.15) is 0 Å². The number of carbonyl (C=O) groups is 1. The Morgan fingerprint density at radius 1 is 1.38 bits per heavy atom. The predicted molar refractivity (Wildman–Crippen MR) is 58.5 cm³/mol. The Kier molecular flexibility index (Phi) is 3.48. The van der Waals surface area contributed by atoms with Gasteiger partial charge >= 0.3 is 0 Å². The van der Waals surface area contributed by atoms with Gasteiger partial charge in [0.1, 0.15) is 19.5 Å². The number of carbonyl (C=O) groups excluding carboxylic acids is 1. The van der Waals surface area contributed by atoms with E-state index in [0.717, 1.165) is 0 Å². The molecule has 0 aromatic heterocycles. The lowest BCUT2D eigenvalue weighted by Gasteiger charge is -2.38. The van der Waals surface area contributed by atoms with Crippen LogP contribution in [0.1, 0.15) is 27.7 Å². The van der Waals surface area contributed by atoms with Gasteiger partial charge in [-0.1, -0.05) is 0 Å². The number of hydrogen-bond acceptors (Lipinski definition) is 4. The number of hydrogen-bond donors (Lipinski definition) is 2. The van der Waals surface area contributed by atoms with E-state index in [0.29, 0.717) is 13.2 Å². The summed E-state index contributed by atoms with van der Waals surface area (Å²) < 4.78 is 10.1. The molecule has 1 aliphatic heterocycles. The van der Waals surface area contributed by atoms with E-state index in [9.17, 15) is 9.90 Å². The Morgan fingerprint density at radius 2 is 2.00 bits per heavy atom. The average Bonchev–Trinajstić information content (AvgIpc) is 2.16. The topological polar surface area (TPSA) is 67.8 Å². The zero-order valence-corrected chi connectivity index (χ0v) is 10.2. The summed E-state index contributed by atoms with van der Waals surface area (Å²) in [5.74, 6) is -0.240. The van der Waals surface area contributed by atoms with E-state index in [1.54, 1.807) is 27.7 Å². The van der Waals surface area contributed by atoms with E-state index in [2.05, 4.69) is 5.32 Å². The van der Waals surface area contributed by atoms with Crippen molar-refractivity contribution in [3.8, 4) is 0 Å². The van der Waals surface area contributed by atoms with Crippen LogP contribution in [-0.2, 0) is 14.3 Å². The van der Waals surface area contributed by atoms with E-state index < -0.39 is 11.1 Å². The van der Waals surface area contributed by atoms with E-state index in [1.807, 2.05) is 0 Å². The minimum absolute atomic E-state index is 0.142. The number of aliphatic hydroxyl groups is 1. The average molecular weight is 229 g/mol. The molecule has 0 bridgehead atoms. The van der Waals surface area contributed by atoms with Crippen LogP contribution in [0.2, 0.25) is 0 Å². The number of ether oxygens (including phenoxy) is 2. The first-order chi connectivity index (χ1) is 7.24. The maximum atomic E-state index is 11.8. The molecule has 0 spiro atoms. The summed E-state index contributed by atoms with van der Waals surface area (Å²) in [5, 5.41) is 12.6. The first-order valence-electron chi connectivity index (χ1n) is 5.23. The Morgan fingerprint density at radius 3 is 2.44 bits per heavy atom. The second kappa shape index (κ2) is 4.33. The van der Waals surface area contributed by atoms with Crippen molar-refractivity contribution in [2.75, 3.05) is 13.2 Å². The first kappa shape index (κ1) is 12.8. The van der Waals surface area contributed by atoms with Gasteiger partial charge in [-0.3, -0.25) is 4.79 Å². The highest BCUT2D eigenvalue weighted by atomic mass is 16.6. The zero-order valence-electron chi connectivity index (χ0n) is 10.2. The summed E-state index contributed by atoms with van der Waals surface area (Å²) in [6, 6.07) is 0. The molecule has 0 saturated carbocycles. The molecule has 0 unspecified atom stereocenters. The number of rotatable bonds is 3.